The molecule has 3 aliphatic heterocycles. The molecule has 0 radical (unpaired) electrons. The molecule has 1 N–H and O–H groups in total. The van der Waals surface area contributed by atoms with Crippen LogP contribution in [0.4, 0.5) is 0 Å². The molecule has 27 heavy (non-hydrogen) atoms. The number of fused-ring (bicyclic) bond motifs is 4. The van der Waals surface area contributed by atoms with Crippen molar-refractivity contribution in [3.63, 3.8) is 0 Å². The first-order valence-electron chi connectivity index (χ1n) is 9.88. The first kappa shape index (κ1) is 16.5. The topological polar surface area (TPSA) is 69.3 Å². The highest BCUT2D eigenvalue weighted by Gasteiger charge is 2.45. The summed E-state index contributed by atoms with van der Waals surface area (Å²) in [4.78, 5) is 29.4. The average Bonchev–Trinajstić information content (AvgIpc) is 3.19. The van der Waals surface area contributed by atoms with E-state index in [1.807, 2.05) is 41.3 Å². The van der Waals surface area contributed by atoms with E-state index >= 15 is 0 Å². The fourth-order valence-electron chi connectivity index (χ4n) is 5.13. The molecular weight excluding hydrogens is 340 g/mol. The first-order valence-corrected chi connectivity index (χ1v) is 9.88. The second kappa shape index (κ2) is 6.51. The number of amides is 2. The predicted octanol–water partition coefficient (Wildman–Crippen LogP) is 2.55. The van der Waals surface area contributed by atoms with Gasteiger partial charge in [-0.1, -0.05) is 30.3 Å². The quantitative estimate of drug-likeness (QED) is 0.890. The van der Waals surface area contributed by atoms with Crippen molar-refractivity contribution in [1.82, 2.24) is 20.0 Å². The van der Waals surface area contributed by atoms with E-state index in [1.54, 1.807) is 0 Å². The molecule has 2 bridgehead atoms. The molecule has 2 unspecified atom stereocenters. The molecule has 6 heteroatoms. The lowest BCUT2D eigenvalue weighted by Gasteiger charge is -2.52. The van der Waals surface area contributed by atoms with Crippen molar-refractivity contribution in [2.75, 3.05) is 19.6 Å². The number of nitrogens with zero attached hydrogens (tertiary/aromatic N) is 3. The molecular formula is C21H24N4O2. The van der Waals surface area contributed by atoms with Crippen molar-refractivity contribution in [3.05, 3.63) is 42.1 Å². The third kappa shape index (κ3) is 2.93. The number of aromatic nitrogens is 2. The average molecular weight is 364 g/mol. The number of benzene rings is 1. The van der Waals surface area contributed by atoms with Crippen LogP contribution in [0.15, 0.2) is 36.4 Å². The summed E-state index contributed by atoms with van der Waals surface area (Å²) in [5, 5.41) is 7.25. The van der Waals surface area contributed by atoms with Gasteiger partial charge in [-0.15, -0.1) is 0 Å². The molecule has 4 heterocycles. The zero-order chi connectivity index (χ0) is 18.4. The zero-order valence-electron chi connectivity index (χ0n) is 15.3. The highest BCUT2D eigenvalue weighted by Crippen LogP contribution is 2.38. The lowest BCUT2D eigenvalue weighted by Crippen LogP contribution is -2.61. The highest BCUT2D eigenvalue weighted by atomic mass is 16.2. The van der Waals surface area contributed by atoms with Gasteiger partial charge in [-0.25, -0.2) is 0 Å². The minimum Gasteiger partial charge on any atom is -0.339 e. The van der Waals surface area contributed by atoms with E-state index < -0.39 is 0 Å². The molecule has 0 spiro atoms. The SMILES string of the molecule is O=C(c1cc(-c2ccccc2)n[nH]1)N1CC2CC(C1)[C@H]1CCCC(=O)N1C2. The maximum absolute atomic E-state index is 13.1. The normalized spacial score (nSPS) is 27.4. The van der Waals surface area contributed by atoms with Gasteiger partial charge in [0.05, 0.1) is 5.69 Å². The van der Waals surface area contributed by atoms with Gasteiger partial charge in [-0.05, 0) is 37.2 Å². The number of hydrogen-bond acceptors (Lipinski definition) is 3. The third-order valence-electron chi connectivity index (χ3n) is 6.34. The molecule has 6 nitrogen and oxygen atoms in total. The summed E-state index contributed by atoms with van der Waals surface area (Å²) in [5.41, 5.74) is 2.34. The molecule has 5 rings (SSSR count). The van der Waals surface area contributed by atoms with Crippen LogP contribution < -0.4 is 0 Å². The van der Waals surface area contributed by atoms with Crippen LogP contribution in [0.25, 0.3) is 11.3 Å². The van der Waals surface area contributed by atoms with Crippen molar-refractivity contribution < 1.29 is 9.59 Å². The second-order valence-electron chi connectivity index (χ2n) is 8.11. The molecule has 1 aromatic heterocycles. The van der Waals surface area contributed by atoms with Crippen LogP contribution in [0, 0.1) is 11.8 Å². The Hall–Kier alpha value is -2.63. The van der Waals surface area contributed by atoms with Gasteiger partial charge in [-0.3, -0.25) is 14.7 Å². The molecule has 2 amide bonds. The van der Waals surface area contributed by atoms with Crippen molar-refractivity contribution in [2.24, 2.45) is 11.8 Å². The standard InChI is InChI=1S/C21H24N4O2/c26-20-8-4-7-19-16-9-14(12-25(19)20)11-24(13-16)21(27)18-10-17(22-23-18)15-5-2-1-3-6-15/h1-3,5-6,10,14,16,19H,4,7-9,11-13H2,(H,22,23)/t14?,16?,19-/m1/s1. The van der Waals surface area contributed by atoms with Gasteiger partial charge in [0.25, 0.3) is 5.91 Å². The number of H-pyrrole nitrogens is 1. The Balaban J connectivity index is 1.33. The summed E-state index contributed by atoms with van der Waals surface area (Å²) in [5.74, 6) is 1.13. The monoisotopic (exact) mass is 364 g/mol. The van der Waals surface area contributed by atoms with Crippen LogP contribution in [-0.4, -0.2) is 57.5 Å². The van der Waals surface area contributed by atoms with Crippen LogP contribution in [0.1, 0.15) is 36.2 Å². The van der Waals surface area contributed by atoms with Gasteiger partial charge in [0.2, 0.25) is 5.91 Å². The maximum atomic E-state index is 13.1. The number of piperidine rings is 3. The summed E-state index contributed by atoms with van der Waals surface area (Å²) < 4.78 is 0. The Morgan fingerprint density at radius 1 is 1.15 bits per heavy atom. The molecule has 140 valence electrons. The summed E-state index contributed by atoms with van der Waals surface area (Å²) in [6.07, 6.45) is 3.88. The minimum atomic E-state index is 0.0231. The van der Waals surface area contributed by atoms with Crippen LogP contribution in [0.2, 0.25) is 0 Å². The van der Waals surface area contributed by atoms with Gasteiger partial charge < -0.3 is 9.80 Å². The Kier molecular flexibility index (Phi) is 3.99. The smallest absolute Gasteiger partial charge is 0.271 e. The summed E-state index contributed by atoms with van der Waals surface area (Å²) >= 11 is 0. The van der Waals surface area contributed by atoms with Gasteiger partial charge in [0.15, 0.2) is 0 Å². The number of nitrogens with one attached hydrogen (secondary N) is 1. The Morgan fingerprint density at radius 3 is 2.85 bits per heavy atom. The molecule has 3 atom stereocenters. The van der Waals surface area contributed by atoms with Gasteiger partial charge in [0.1, 0.15) is 5.69 Å². The Labute approximate surface area is 158 Å². The molecule has 3 saturated heterocycles. The van der Waals surface area contributed by atoms with Crippen molar-refractivity contribution in [2.45, 2.75) is 31.7 Å². The van der Waals surface area contributed by atoms with Crippen molar-refractivity contribution >= 4 is 11.8 Å². The Bertz CT molecular complexity index is 862. The minimum absolute atomic E-state index is 0.0231. The molecule has 2 aromatic rings. The number of carbonyl (C=O) groups excluding carboxylic acids is 2. The van der Waals surface area contributed by atoms with E-state index in [0.717, 1.165) is 50.2 Å². The van der Waals surface area contributed by atoms with Crippen molar-refractivity contribution in [3.8, 4) is 11.3 Å². The van der Waals surface area contributed by atoms with Gasteiger partial charge in [-0.2, -0.15) is 5.10 Å². The third-order valence-corrected chi connectivity index (χ3v) is 6.34. The van der Waals surface area contributed by atoms with Crippen LogP contribution in [0.5, 0.6) is 0 Å². The molecule has 0 aliphatic carbocycles. The van der Waals surface area contributed by atoms with E-state index in [2.05, 4.69) is 15.1 Å². The largest absolute Gasteiger partial charge is 0.339 e. The first-order chi connectivity index (χ1) is 13.2. The lowest BCUT2D eigenvalue weighted by atomic mass is 9.76. The van der Waals surface area contributed by atoms with Crippen LogP contribution in [0.3, 0.4) is 0 Å². The maximum Gasteiger partial charge on any atom is 0.271 e. The summed E-state index contributed by atoms with van der Waals surface area (Å²) in [6.45, 7) is 2.27. The number of hydrogen-bond donors (Lipinski definition) is 1. The second-order valence-corrected chi connectivity index (χ2v) is 8.11. The number of likely N-dealkylation sites (tertiary alicyclic amines) is 1. The van der Waals surface area contributed by atoms with Crippen molar-refractivity contribution in [1.29, 1.82) is 0 Å². The zero-order valence-corrected chi connectivity index (χ0v) is 15.3. The number of aromatic amines is 1. The fourth-order valence-corrected chi connectivity index (χ4v) is 5.13. The number of carbonyl (C=O) groups is 2. The van der Waals surface area contributed by atoms with E-state index in [0.29, 0.717) is 35.9 Å². The Morgan fingerprint density at radius 2 is 2.00 bits per heavy atom. The molecule has 1 aromatic carbocycles. The van der Waals surface area contributed by atoms with E-state index in [-0.39, 0.29) is 5.91 Å². The van der Waals surface area contributed by atoms with Crippen LogP contribution in [-0.2, 0) is 4.79 Å². The van der Waals surface area contributed by atoms with E-state index in [1.165, 1.54) is 0 Å². The van der Waals surface area contributed by atoms with Crippen LogP contribution >= 0.6 is 0 Å². The lowest BCUT2D eigenvalue weighted by molar-refractivity contribution is -0.144. The molecule has 3 aliphatic rings. The number of rotatable bonds is 2. The van der Waals surface area contributed by atoms with Gasteiger partial charge in [0, 0.05) is 37.7 Å². The summed E-state index contributed by atoms with van der Waals surface area (Å²) in [7, 11) is 0. The fraction of sp³-hybridized carbons (Fsp3) is 0.476. The summed E-state index contributed by atoms with van der Waals surface area (Å²) in [6, 6.07) is 12.0. The van der Waals surface area contributed by atoms with E-state index in [9.17, 15) is 9.59 Å². The highest BCUT2D eigenvalue weighted by molar-refractivity contribution is 5.93. The predicted molar refractivity (Wildman–Crippen MR) is 101 cm³/mol. The van der Waals surface area contributed by atoms with E-state index in [4.69, 9.17) is 0 Å². The molecule has 3 fully saturated rings. The van der Waals surface area contributed by atoms with Gasteiger partial charge >= 0.3 is 0 Å². The molecule has 0 saturated carbocycles.